The lowest BCUT2D eigenvalue weighted by Crippen LogP contribution is -2.20. The molecule has 1 heterocycles. The summed E-state index contributed by atoms with van der Waals surface area (Å²) in [6, 6.07) is 14.6. The SMILES string of the molecule is O=C(CCl)Oc1ccc2c(c1)CC(=O)N2c1ccccc1. The van der Waals surface area contributed by atoms with Crippen molar-refractivity contribution in [2.75, 3.05) is 10.8 Å². The van der Waals surface area contributed by atoms with Gasteiger partial charge in [-0.15, -0.1) is 11.6 Å². The predicted octanol–water partition coefficient (Wildman–Crippen LogP) is 3.05. The number of carbonyl (C=O) groups excluding carboxylic acids is 2. The lowest BCUT2D eigenvalue weighted by Gasteiger charge is -2.17. The van der Waals surface area contributed by atoms with Gasteiger partial charge in [0.1, 0.15) is 11.6 Å². The zero-order chi connectivity index (χ0) is 14.8. The summed E-state index contributed by atoms with van der Waals surface area (Å²) in [7, 11) is 0. The third kappa shape index (κ3) is 2.62. The standard InChI is InChI=1S/C16H12ClNO3/c17-10-16(20)21-13-6-7-14-11(8-13)9-15(19)18(14)12-4-2-1-3-5-12/h1-8H,9-10H2. The van der Waals surface area contributed by atoms with E-state index in [2.05, 4.69) is 0 Å². The van der Waals surface area contributed by atoms with Crippen molar-refractivity contribution in [2.45, 2.75) is 6.42 Å². The minimum absolute atomic E-state index is 0.00276. The predicted molar refractivity (Wildman–Crippen MR) is 80.1 cm³/mol. The molecule has 2 aromatic rings. The minimum atomic E-state index is -0.513. The van der Waals surface area contributed by atoms with E-state index in [1.165, 1.54) is 0 Å². The molecule has 0 saturated carbocycles. The molecule has 1 amide bonds. The lowest BCUT2D eigenvalue weighted by atomic mass is 10.1. The lowest BCUT2D eigenvalue weighted by molar-refractivity contribution is -0.131. The first kappa shape index (κ1) is 13.6. The van der Waals surface area contributed by atoms with E-state index in [0.717, 1.165) is 16.9 Å². The minimum Gasteiger partial charge on any atom is -0.426 e. The van der Waals surface area contributed by atoms with E-state index < -0.39 is 5.97 Å². The Labute approximate surface area is 126 Å². The first-order chi connectivity index (χ1) is 10.2. The van der Waals surface area contributed by atoms with Gasteiger partial charge in [0.25, 0.3) is 0 Å². The summed E-state index contributed by atoms with van der Waals surface area (Å²) in [6.07, 6.45) is 0.288. The highest BCUT2D eigenvalue weighted by Gasteiger charge is 2.28. The molecular weight excluding hydrogens is 290 g/mol. The maximum Gasteiger partial charge on any atom is 0.326 e. The number of para-hydroxylation sites is 1. The van der Waals surface area contributed by atoms with E-state index in [1.54, 1.807) is 23.1 Å². The second kappa shape index (κ2) is 5.58. The Bertz CT molecular complexity index is 700. The van der Waals surface area contributed by atoms with Gasteiger partial charge >= 0.3 is 5.97 Å². The maximum atomic E-state index is 12.2. The van der Waals surface area contributed by atoms with E-state index in [4.69, 9.17) is 16.3 Å². The number of nitrogens with zero attached hydrogens (tertiary/aromatic N) is 1. The average molecular weight is 302 g/mol. The van der Waals surface area contributed by atoms with Gasteiger partial charge < -0.3 is 4.74 Å². The molecule has 0 atom stereocenters. The first-order valence-electron chi connectivity index (χ1n) is 6.46. The van der Waals surface area contributed by atoms with Crippen LogP contribution < -0.4 is 9.64 Å². The summed E-state index contributed by atoms with van der Waals surface area (Å²) in [5.41, 5.74) is 2.48. The molecule has 0 saturated heterocycles. The largest absolute Gasteiger partial charge is 0.426 e. The fourth-order valence-corrected chi connectivity index (χ4v) is 2.43. The van der Waals surface area contributed by atoms with Crippen molar-refractivity contribution in [1.29, 1.82) is 0 Å². The Balaban J connectivity index is 1.94. The molecule has 1 aliphatic rings. The molecule has 1 aliphatic heterocycles. The van der Waals surface area contributed by atoms with Crippen LogP contribution in [-0.2, 0) is 16.0 Å². The first-order valence-corrected chi connectivity index (χ1v) is 7.00. The Morgan fingerprint density at radius 1 is 1.19 bits per heavy atom. The number of rotatable bonds is 3. The topological polar surface area (TPSA) is 46.6 Å². The van der Waals surface area contributed by atoms with Crippen molar-refractivity contribution in [3.63, 3.8) is 0 Å². The molecule has 0 radical (unpaired) electrons. The van der Waals surface area contributed by atoms with Gasteiger partial charge in [-0.25, -0.2) is 0 Å². The fourth-order valence-electron chi connectivity index (χ4n) is 2.38. The number of hydrogen-bond donors (Lipinski definition) is 0. The van der Waals surface area contributed by atoms with Gasteiger partial charge in [0.2, 0.25) is 5.91 Å². The van der Waals surface area contributed by atoms with Crippen molar-refractivity contribution >= 4 is 34.9 Å². The summed E-state index contributed by atoms with van der Waals surface area (Å²) in [5.74, 6) is -0.313. The Hall–Kier alpha value is -2.33. The second-order valence-electron chi connectivity index (χ2n) is 4.64. The summed E-state index contributed by atoms with van der Waals surface area (Å²) in [4.78, 5) is 25.1. The highest BCUT2D eigenvalue weighted by Crippen LogP contribution is 2.37. The third-order valence-electron chi connectivity index (χ3n) is 3.24. The maximum absolute atomic E-state index is 12.2. The zero-order valence-electron chi connectivity index (χ0n) is 11.1. The van der Waals surface area contributed by atoms with Crippen LogP contribution in [0, 0.1) is 0 Å². The molecule has 0 unspecified atom stereocenters. The number of amides is 1. The van der Waals surface area contributed by atoms with E-state index in [0.29, 0.717) is 5.75 Å². The van der Waals surface area contributed by atoms with E-state index in [9.17, 15) is 9.59 Å². The van der Waals surface area contributed by atoms with Crippen LogP contribution in [0.5, 0.6) is 5.75 Å². The number of anilines is 2. The Morgan fingerprint density at radius 3 is 2.67 bits per heavy atom. The molecule has 21 heavy (non-hydrogen) atoms. The van der Waals surface area contributed by atoms with Crippen molar-refractivity contribution in [2.24, 2.45) is 0 Å². The molecular formula is C16H12ClNO3. The fraction of sp³-hybridized carbons (Fsp3) is 0.125. The van der Waals surface area contributed by atoms with Gasteiger partial charge in [-0.2, -0.15) is 0 Å². The number of ether oxygens (including phenoxy) is 1. The van der Waals surface area contributed by atoms with Crippen LogP contribution in [0.1, 0.15) is 5.56 Å². The van der Waals surface area contributed by atoms with Crippen LogP contribution in [-0.4, -0.2) is 17.8 Å². The zero-order valence-corrected chi connectivity index (χ0v) is 11.8. The smallest absolute Gasteiger partial charge is 0.326 e. The van der Waals surface area contributed by atoms with Crippen LogP contribution in [0.25, 0.3) is 0 Å². The van der Waals surface area contributed by atoms with Crippen LogP contribution in [0.15, 0.2) is 48.5 Å². The van der Waals surface area contributed by atoms with E-state index >= 15 is 0 Å². The Kier molecular flexibility index (Phi) is 3.62. The molecule has 0 N–H and O–H groups in total. The van der Waals surface area contributed by atoms with Gasteiger partial charge in [-0.3, -0.25) is 14.5 Å². The van der Waals surface area contributed by atoms with E-state index in [-0.39, 0.29) is 18.2 Å². The van der Waals surface area contributed by atoms with Crippen molar-refractivity contribution in [3.05, 3.63) is 54.1 Å². The number of fused-ring (bicyclic) bond motifs is 1. The number of alkyl halides is 1. The normalized spacial score (nSPS) is 13.2. The second-order valence-corrected chi connectivity index (χ2v) is 4.91. The number of carbonyl (C=O) groups is 2. The number of esters is 1. The van der Waals surface area contributed by atoms with Gasteiger partial charge in [-0.05, 0) is 35.9 Å². The highest BCUT2D eigenvalue weighted by atomic mass is 35.5. The van der Waals surface area contributed by atoms with Crippen LogP contribution in [0.4, 0.5) is 11.4 Å². The third-order valence-corrected chi connectivity index (χ3v) is 3.46. The van der Waals surface area contributed by atoms with Crippen molar-refractivity contribution in [3.8, 4) is 5.75 Å². The molecule has 0 aromatic heterocycles. The van der Waals surface area contributed by atoms with Gasteiger partial charge in [0.05, 0.1) is 12.1 Å². The van der Waals surface area contributed by atoms with Gasteiger partial charge in [0, 0.05) is 5.69 Å². The molecule has 5 heteroatoms. The summed E-state index contributed by atoms with van der Waals surface area (Å²) < 4.78 is 5.06. The number of halogens is 1. The average Bonchev–Trinajstić information content (AvgIpc) is 2.83. The molecule has 3 rings (SSSR count). The summed E-state index contributed by atoms with van der Waals surface area (Å²) in [6.45, 7) is 0. The van der Waals surface area contributed by atoms with Gasteiger partial charge in [-0.1, -0.05) is 18.2 Å². The number of benzene rings is 2. The van der Waals surface area contributed by atoms with Crippen molar-refractivity contribution in [1.82, 2.24) is 0 Å². The van der Waals surface area contributed by atoms with Crippen LogP contribution in [0.2, 0.25) is 0 Å². The molecule has 0 bridgehead atoms. The number of hydrogen-bond acceptors (Lipinski definition) is 3. The monoisotopic (exact) mass is 301 g/mol. The molecule has 4 nitrogen and oxygen atoms in total. The molecule has 106 valence electrons. The van der Waals surface area contributed by atoms with Crippen LogP contribution in [0.3, 0.4) is 0 Å². The molecule has 0 fully saturated rings. The Morgan fingerprint density at radius 2 is 1.95 bits per heavy atom. The molecule has 0 aliphatic carbocycles. The molecule has 0 spiro atoms. The van der Waals surface area contributed by atoms with Gasteiger partial charge in [0.15, 0.2) is 0 Å². The summed E-state index contributed by atoms with van der Waals surface area (Å²) in [5, 5.41) is 0. The molecule has 2 aromatic carbocycles. The van der Waals surface area contributed by atoms with Crippen molar-refractivity contribution < 1.29 is 14.3 Å². The quantitative estimate of drug-likeness (QED) is 0.497. The van der Waals surface area contributed by atoms with Crippen LogP contribution >= 0.6 is 11.6 Å². The van der Waals surface area contributed by atoms with E-state index in [1.807, 2.05) is 30.3 Å². The summed E-state index contributed by atoms with van der Waals surface area (Å²) >= 11 is 5.41. The highest BCUT2D eigenvalue weighted by molar-refractivity contribution is 6.26.